The zero-order valence-corrected chi connectivity index (χ0v) is 16.0. The molecule has 0 radical (unpaired) electrons. The number of unbranched alkanes of at least 4 members (excludes halogenated alkanes) is 6. The number of hydrogen-bond acceptors (Lipinski definition) is 3. The molecule has 1 unspecified atom stereocenters. The molecule has 0 spiro atoms. The highest BCUT2D eigenvalue weighted by atomic mass is 79.9. The lowest BCUT2D eigenvalue weighted by Gasteiger charge is -2.36. The molecule has 3 nitrogen and oxygen atoms in total. The third kappa shape index (κ3) is 8.53. The van der Waals surface area contributed by atoms with Crippen LogP contribution in [-0.2, 0) is 14.2 Å². The highest BCUT2D eigenvalue weighted by molar-refractivity contribution is 9.09. The van der Waals surface area contributed by atoms with Crippen molar-refractivity contribution in [2.45, 2.75) is 77.1 Å². The van der Waals surface area contributed by atoms with Crippen molar-refractivity contribution in [3.63, 3.8) is 0 Å². The zero-order chi connectivity index (χ0) is 16.0. The summed E-state index contributed by atoms with van der Waals surface area (Å²) < 4.78 is 16.7. The van der Waals surface area contributed by atoms with Gasteiger partial charge < -0.3 is 14.2 Å². The third-order valence-electron chi connectivity index (χ3n) is 4.20. The minimum absolute atomic E-state index is 0.294. The fourth-order valence-corrected chi connectivity index (χ4v) is 3.30. The normalized spacial score (nSPS) is 13.6. The zero-order valence-electron chi connectivity index (χ0n) is 14.5. The van der Waals surface area contributed by atoms with Crippen molar-refractivity contribution in [3.05, 3.63) is 0 Å². The number of halogens is 1. The first-order valence-electron chi connectivity index (χ1n) is 8.42. The first kappa shape index (κ1) is 21.4. The summed E-state index contributed by atoms with van der Waals surface area (Å²) in [7, 11) is 5.02. The van der Waals surface area contributed by atoms with Gasteiger partial charge in [-0.2, -0.15) is 0 Å². The van der Waals surface area contributed by atoms with Crippen LogP contribution in [0.2, 0.25) is 0 Å². The van der Waals surface area contributed by atoms with Crippen molar-refractivity contribution >= 4 is 15.9 Å². The SMILES string of the molecule is CCCCCCCCC(CCCCBr)C(OC)(OC)OC. The topological polar surface area (TPSA) is 27.7 Å². The molecule has 1 atom stereocenters. The second-order valence-corrected chi connectivity index (χ2v) is 6.45. The van der Waals surface area contributed by atoms with Crippen molar-refractivity contribution in [3.8, 4) is 0 Å². The van der Waals surface area contributed by atoms with Gasteiger partial charge in [-0.15, -0.1) is 0 Å². The molecule has 0 aliphatic heterocycles. The van der Waals surface area contributed by atoms with Crippen LogP contribution in [0, 0.1) is 5.92 Å². The molecule has 0 rings (SSSR count). The predicted octanol–water partition coefficient (Wildman–Crippen LogP) is 5.51. The van der Waals surface area contributed by atoms with Crippen molar-refractivity contribution in [2.75, 3.05) is 26.7 Å². The minimum atomic E-state index is -0.879. The van der Waals surface area contributed by atoms with Crippen LogP contribution in [0.4, 0.5) is 0 Å². The number of hydrogen-bond donors (Lipinski definition) is 0. The van der Waals surface area contributed by atoms with Gasteiger partial charge in [0, 0.05) is 32.6 Å². The lowest BCUT2D eigenvalue weighted by atomic mass is 9.92. The second kappa shape index (κ2) is 14.0. The predicted molar refractivity (Wildman–Crippen MR) is 92.9 cm³/mol. The molecular formula is C17H35BrO3. The Kier molecular flexibility index (Phi) is 14.2. The summed E-state index contributed by atoms with van der Waals surface area (Å²) in [5.41, 5.74) is 0. The van der Waals surface area contributed by atoms with E-state index in [9.17, 15) is 0 Å². The van der Waals surface area contributed by atoms with E-state index in [1.807, 2.05) is 0 Å². The van der Waals surface area contributed by atoms with E-state index in [0.29, 0.717) is 5.92 Å². The van der Waals surface area contributed by atoms with Crippen LogP contribution in [0.3, 0.4) is 0 Å². The van der Waals surface area contributed by atoms with E-state index in [-0.39, 0.29) is 0 Å². The first-order valence-corrected chi connectivity index (χ1v) is 9.54. The molecule has 21 heavy (non-hydrogen) atoms. The maximum atomic E-state index is 5.57. The van der Waals surface area contributed by atoms with Gasteiger partial charge in [0.25, 0.3) is 5.97 Å². The molecular weight excluding hydrogens is 332 g/mol. The lowest BCUT2D eigenvalue weighted by Crippen LogP contribution is -2.44. The Morgan fingerprint density at radius 1 is 0.762 bits per heavy atom. The summed E-state index contributed by atoms with van der Waals surface area (Å²) in [4.78, 5) is 0. The molecule has 128 valence electrons. The summed E-state index contributed by atoms with van der Waals surface area (Å²) >= 11 is 3.50. The Labute approximate surface area is 140 Å². The molecule has 0 aromatic rings. The summed E-state index contributed by atoms with van der Waals surface area (Å²) in [5.74, 6) is -0.585. The van der Waals surface area contributed by atoms with Crippen LogP contribution in [0.15, 0.2) is 0 Å². The van der Waals surface area contributed by atoms with E-state index in [0.717, 1.165) is 18.2 Å². The Morgan fingerprint density at radius 3 is 1.71 bits per heavy atom. The van der Waals surface area contributed by atoms with Gasteiger partial charge in [-0.1, -0.05) is 67.8 Å². The second-order valence-electron chi connectivity index (χ2n) is 5.65. The first-order chi connectivity index (χ1) is 10.2. The van der Waals surface area contributed by atoms with Gasteiger partial charge in [-0.3, -0.25) is 0 Å². The molecule has 0 aromatic carbocycles. The highest BCUT2D eigenvalue weighted by Gasteiger charge is 2.39. The van der Waals surface area contributed by atoms with E-state index in [1.165, 1.54) is 51.4 Å². The van der Waals surface area contributed by atoms with Crippen LogP contribution < -0.4 is 0 Å². The van der Waals surface area contributed by atoms with Crippen molar-refractivity contribution < 1.29 is 14.2 Å². The quantitative estimate of drug-likeness (QED) is 0.217. The molecule has 0 bridgehead atoms. The number of ether oxygens (including phenoxy) is 3. The van der Waals surface area contributed by atoms with Gasteiger partial charge in [-0.25, -0.2) is 0 Å². The molecule has 0 aliphatic rings. The van der Waals surface area contributed by atoms with E-state index >= 15 is 0 Å². The van der Waals surface area contributed by atoms with Gasteiger partial charge in [0.1, 0.15) is 0 Å². The molecule has 0 amide bonds. The summed E-state index contributed by atoms with van der Waals surface area (Å²) in [6, 6.07) is 0. The summed E-state index contributed by atoms with van der Waals surface area (Å²) in [5, 5.41) is 1.05. The average Bonchev–Trinajstić information content (AvgIpc) is 2.52. The molecule has 0 aromatic heterocycles. The van der Waals surface area contributed by atoms with E-state index < -0.39 is 5.97 Å². The fourth-order valence-electron chi connectivity index (χ4n) is 2.90. The summed E-state index contributed by atoms with van der Waals surface area (Å²) in [6.45, 7) is 2.25. The Bertz CT molecular complexity index is 212. The summed E-state index contributed by atoms with van der Waals surface area (Å²) in [6.07, 6.45) is 12.4. The van der Waals surface area contributed by atoms with Crippen LogP contribution in [0.25, 0.3) is 0 Å². The number of alkyl halides is 1. The Morgan fingerprint density at radius 2 is 1.24 bits per heavy atom. The standard InChI is InChI=1S/C17H35BrO3/c1-5-6-7-8-9-10-13-16(14-11-12-15-18)17(19-2,20-3)21-4/h16H,5-15H2,1-4H3. The number of rotatable bonds is 15. The molecule has 0 heterocycles. The van der Waals surface area contributed by atoms with Gasteiger partial charge >= 0.3 is 0 Å². The van der Waals surface area contributed by atoms with Crippen molar-refractivity contribution in [2.24, 2.45) is 5.92 Å². The number of methoxy groups -OCH3 is 3. The average molecular weight is 367 g/mol. The molecule has 0 N–H and O–H groups in total. The van der Waals surface area contributed by atoms with Gasteiger partial charge in [0.2, 0.25) is 0 Å². The maximum Gasteiger partial charge on any atom is 0.285 e. The lowest BCUT2D eigenvalue weighted by molar-refractivity contribution is -0.380. The van der Waals surface area contributed by atoms with Crippen molar-refractivity contribution in [1.29, 1.82) is 0 Å². The highest BCUT2D eigenvalue weighted by Crippen LogP contribution is 2.32. The largest absolute Gasteiger partial charge is 0.331 e. The molecule has 4 heteroatoms. The van der Waals surface area contributed by atoms with Gasteiger partial charge in [0.15, 0.2) is 0 Å². The molecule has 0 aliphatic carbocycles. The molecule has 0 saturated carbocycles. The minimum Gasteiger partial charge on any atom is -0.331 e. The van der Waals surface area contributed by atoms with Gasteiger partial charge in [0.05, 0.1) is 0 Å². The van der Waals surface area contributed by atoms with E-state index in [4.69, 9.17) is 14.2 Å². The van der Waals surface area contributed by atoms with Crippen molar-refractivity contribution in [1.82, 2.24) is 0 Å². The molecule has 0 saturated heterocycles. The Hall–Kier alpha value is 0.360. The van der Waals surface area contributed by atoms with Gasteiger partial charge in [-0.05, 0) is 19.3 Å². The van der Waals surface area contributed by atoms with E-state index in [2.05, 4.69) is 22.9 Å². The fraction of sp³-hybridized carbons (Fsp3) is 1.00. The van der Waals surface area contributed by atoms with Crippen LogP contribution in [0.1, 0.15) is 71.1 Å². The monoisotopic (exact) mass is 366 g/mol. The maximum absolute atomic E-state index is 5.57. The Balaban J connectivity index is 4.30. The molecule has 0 fully saturated rings. The van der Waals surface area contributed by atoms with Crippen LogP contribution in [0.5, 0.6) is 0 Å². The third-order valence-corrected chi connectivity index (χ3v) is 4.76. The van der Waals surface area contributed by atoms with E-state index in [1.54, 1.807) is 21.3 Å². The van der Waals surface area contributed by atoms with Crippen LogP contribution in [-0.4, -0.2) is 32.6 Å². The van der Waals surface area contributed by atoms with Crippen LogP contribution >= 0.6 is 15.9 Å². The smallest absolute Gasteiger partial charge is 0.285 e.